The molecule has 0 aromatic heterocycles. The van der Waals surface area contributed by atoms with Crippen LogP contribution in [0.4, 0.5) is 4.79 Å². The molecule has 25 heavy (non-hydrogen) atoms. The third-order valence-electron chi connectivity index (χ3n) is 4.69. The van der Waals surface area contributed by atoms with Crippen LogP contribution >= 0.6 is 0 Å². The van der Waals surface area contributed by atoms with Gasteiger partial charge >= 0.3 is 6.03 Å². The summed E-state index contributed by atoms with van der Waals surface area (Å²) < 4.78 is 5.25. The molecule has 0 radical (unpaired) electrons. The molecular weight excluding hydrogens is 318 g/mol. The molecule has 6 nitrogen and oxygen atoms in total. The van der Waals surface area contributed by atoms with Gasteiger partial charge in [-0.2, -0.15) is 0 Å². The number of nitrogens with zero attached hydrogens (tertiary/aromatic N) is 2. The van der Waals surface area contributed by atoms with E-state index in [4.69, 9.17) is 4.74 Å². The maximum atomic E-state index is 12.5. The second-order valence-corrected chi connectivity index (χ2v) is 6.36. The van der Waals surface area contributed by atoms with Crippen molar-refractivity contribution in [3.8, 4) is 5.75 Å². The largest absolute Gasteiger partial charge is 0.497 e. The molecule has 1 atom stereocenters. The van der Waals surface area contributed by atoms with E-state index < -0.39 is 0 Å². The number of nitrogens with one attached hydrogen (secondary N) is 1. The molecular formula is C19H23N3O3. The lowest BCUT2D eigenvalue weighted by molar-refractivity contribution is -0.132. The quantitative estimate of drug-likeness (QED) is 0.906. The number of ether oxygens (including phenoxy) is 1. The van der Waals surface area contributed by atoms with Crippen LogP contribution in [0.25, 0.3) is 10.8 Å². The number of carbonyl (C=O) groups excluding carboxylic acids is 2. The summed E-state index contributed by atoms with van der Waals surface area (Å²) in [5, 5.41) is 4.90. The SMILES string of the molecule is COc1ccc2cc(CN(C)[C@@H](C)C(=O)N3CCNC3=O)ccc2c1. The first-order valence-corrected chi connectivity index (χ1v) is 8.35. The molecule has 0 aliphatic carbocycles. The van der Waals surface area contributed by atoms with Gasteiger partial charge in [0.2, 0.25) is 5.91 Å². The van der Waals surface area contributed by atoms with Gasteiger partial charge in [-0.1, -0.05) is 18.2 Å². The maximum Gasteiger partial charge on any atom is 0.324 e. The smallest absolute Gasteiger partial charge is 0.324 e. The Labute approximate surface area is 147 Å². The highest BCUT2D eigenvalue weighted by Gasteiger charge is 2.31. The number of benzene rings is 2. The van der Waals surface area contributed by atoms with Crippen LogP contribution in [-0.2, 0) is 11.3 Å². The summed E-state index contributed by atoms with van der Waals surface area (Å²) in [6.07, 6.45) is 0. The summed E-state index contributed by atoms with van der Waals surface area (Å²) in [5.74, 6) is 0.670. The molecule has 3 amide bonds. The third kappa shape index (κ3) is 3.58. The second-order valence-electron chi connectivity index (χ2n) is 6.36. The zero-order chi connectivity index (χ0) is 18.0. The van der Waals surface area contributed by atoms with Crippen molar-refractivity contribution in [2.24, 2.45) is 0 Å². The monoisotopic (exact) mass is 341 g/mol. The zero-order valence-corrected chi connectivity index (χ0v) is 14.8. The first kappa shape index (κ1) is 17.2. The molecule has 0 bridgehead atoms. The van der Waals surface area contributed by atoms with Crippen LogP contribution in [0.5, 0.6) is 5.75 Å². The normalized spacial score (nSPS) is 15.5. The van der Waals surface area contributed by atoms with E-state index in [1.165, 1.54) is 4.90 Å². The molecule has 0 saturated carbocycles. The molecule has 1 aliphatic rings. The van der Waals surface area contributed by atoms with Gasteiger partial charge in [0.1, 0.15) is 5.75 Å². The van der Waals surface area contributed by atoms with Gasteiger partial charge in [0.25, 0.3) is 0 Å². The number of imide groups is 1. The summed E-state index contributed by atoms with van der Waals surface area (Å²) in [4.78, 5) is 27.4. The van der Waals surface area contributed by atoms with Crippen molar-refractivity contribution in [3.05, 3.63) is 42.0 Å². The first-order chi connectivity index (χ1) is 12.0. The summed E-state index contributed by atoms with van der Waals surface area (Å²) >= 11 is 0. The van der Waals surface area contributed by atoms with E-state index in [1.54, 1.807) is 7.11 Å². The van der Waals surface area contributed by atoms with E-state index in [-0.39, 0.29) is 18.0 Å². The Bertz CT molecular complexity index is 806. The van der Waals surface area contributed by atoms with Crippen molar-refractivity contribution in [2.45, 2.75) is 19.5 Å². The Morgan fingerprint density at radius 3 is 2.68 bits per heavy atom. The Morgan fingerprint density at radius 1 is 1.28 bits per heavy atom. The van der Waals surface area contributed by atoms with Crippen LogP contribution in [-0.4, -0.2) is 55.0 Å². The summed E-state index contributed by atoms with van der Waals surface area (Å²) in [6.45, 7) is 3.42. The number of fused-ring (bicyclic) bond motifs is 1. The molecule has 1 aliphatic heterocycles. The molecule has 6 heteroatoms. The minimum atomic E-state index is -0.365. The molecule has 3 rings (SSSR count). The fourth-order valence-corrected chi connectivity index (χ4v) is 3.02. The van der Waals surface area contributed by atoms with Gasteiger partial charge < -0.3 is 10.1 Å². The lowest BCUT2D eigenvalue weighted by atomic mass is 10.1. The van der Waals surface area contributed by atoms with Crippen molar-refractivity contribution >= 4 is 22.7 Å². The van der Waals surface area contributed by atoms with E-state index in [9.17, 15) is 9.59 Å². The summed E-state index contributed by atoms with van der Waals surface area (Å²) in [7, 11) is 3.55. The Kier molecular flexibility index (Phi) is 4.90. The lowest BCUT2D eigenvalue weighted by Crippen LogP contribution is -2.46. The molecule has 1 saturated heterocycles. The van der Waals surface area contributed by atoms with Crippen LogP contribution in [0.2, 0.25) is 0 Å². The highest BCUT2D eigenvalue weighted by Crippen LogP contribution is 2.22. The number of likely N-dealkylation sites (N-methyl/N-ethyl adjacent to an activating group) is 1. The molecule has 1 N–H and O–H groups in total. The van der Waals surface area contributed by atoms with Crippen molar-refractivity contribution in [2.75, 3.05) is 27.2 Å². The number of amides is 3. The predicted molar refractivity (Wildman–Crippen MR) is 96.5 cm³/mol. The van der Waals surface area contributed by atoms with Crippen molar-refractivity contribution < 1.29 is 14.3 Å². The Balaban J connectivity index is 1.71. The lowest BCUT2D eigenvalue weighted by Gasteiger charge is -2.26. The van der Waals surface area contributed by atoms with Crippen LogP contribution in [0.15, 0.2) is 36.4 Å². The molecule has 1 fully saturated rings. The van der Waals surface area contributed by atoms with Crippen LogP contribution in [0.3, 0.4) is 0 Å². The fourth-order valence-electron chi connectivity index (χ4n) is 3.02. The minimum Gasteiger partial charge on any atom is -0.497 e. The van der Waals surface area contributed by atoms with E-state index in [0.29, 0.717) is 19.6 Å². The van der Waals surface area contributed by atoms with Crippen LogP contribution in [0.1, 0.15) is 12.5 Å². The van der Waals surface area contributed by atoms with Crippen LogP contribution < -0.4 is 10.1 Å². The molecule has 0 unspecified atom stereocenters. The number of carbonyl (C=O) groups is 2. The van der Waals surface area contributed by atoms with E-state index in [1.807, 2.05) is 37.1 Å². The van der Waals surface area contributed by atoms with Gasteiger partial charge in [-0.25, -0.2) is 4.79 Å². The van der Waals surface area contributed by atoms with E-state index in [2.05, 4.69) is 23.5 Å². The fraction of sp³-hybridized carbons (Fsp3) is 0.368. The zero-order valence-electron chi connectivity index (χ0n) is 14.8. The average Bonchev–Trinajstić information content (AvgIpc) is 3.05. The second kappa shape index (κ2) is 7.11. The topological polar surface area (TPSA) is 61.9 Å². The third-order valence-corrected chi connectivity index (χ3v) is 4.69. The van der Waals surface area contributed by atoms with Crippen molar-refractivity contribution in [1.29, 1.82) is 0 Å². The molecule has 1 heterocycles. The van der Waals surface area contributed by atoms with Gasteiger partial charge in [0.05, 0.1) is 13.2 Å². The number of methoxy groups -OCH3 is 1. The van der Waals surface area contributed by atoms with Gasteiger partial charge in [-0.3, -0.25) is 14.6 Å². The molecule has 0 spiro atoms. The molecule has 2 aromatic rings. The maximum absolute atomic E-state index is 12.5. The van der Waals surface area contributed by atoms with Gasteiger partial charge in [0, 0.05) is 19.6 Å². The standard InChI is InChI=1S/C19H23N3O3/c1-13(18(23)22-9-8-20-19(22)24)21(2)12-14-4-5-16-11-17(25-3)7-6-15(16)10-14/h4-7,10-11,13H,8-9,12H2,1-3H3,(H,20,24)/t13-/m0/s1. The number of hydrogen-bond donors (Lipinski definition) is 1. The van der Waals surface area contributed by atoms with E-state index >= 15 is 0 Å². The van der Waals surface area contributed by atoms with E-state index in [0.717, 1.165) is 22.1 Å². The number of hydrogen-bond acceptors (Lipinski definition) is 4. The van der Waals surface area contributed by atoms with Gasteiger partial charge in [-0.15, -0.1) is 0 Å². The summed E-state index contributed by atoms with van der Waals surface area (Å²) in [6, 6.07) is 11.5. The minimum absolute atomic E-state index is 0.164. The van der Waals surface area contributed by atoms with Crippen molar-refractivity contribution in [1.82, 2.24) is 15.1 Å². The Morgan fingerprint density at radius 2 is 2.00 bits per heavy atom. The van der Waals surface area contributed by atoms with Crippen molar-refractivity contribution in [3.63, 3.8) is 0 Å². The molecule has 132 valence electrons. The summed E-state index contributed by atoms with van der Waals surface area (Å²) in [5.41, 5.74) is 1.12. The Hall–Kier alpha value is -2.60. The van der Waals surface area contributed by atoms with Gasteiger partial charge in [0.15, 0.2) is 0 Å². The highest BCUT2D eigenvalue weighted by molar-refractivity contribution is 5.98. The number of rotatable bonds is 5. The predicted octanol–water partition coefficient (Wildman–Crippen LogP) is 2.22. The van der Waals surface area contributed by atoms with Crippen LogP contribution in [0, 0.1) is 0 Å². The molecule has 2 aromatic carbocycles. The average molecular weight is 341 g/mol. The van der Waals surface area contributed by atoms with Gasteiger partial charge in [-0.05, 0) is 48.5 Å². The highest BCUT2D eigenvalue weighted by atomic mass is 16.5. The first-order valence-electron chi connectivity index (χ1n) is 8.35. The number of urea groups is 1.